The van der Waals surface area contributed by atoms with E-state index in [1.807, 2.05) is 0 Å². The van der Waals surface area contributed by atoms with Gasteiger partial charge in [0.2, 0.25) is 0 Å². The lowest BCUT2D eigenvalue weighted by Crippen LogP contribution is -2.03. The molecule has 2 aromatic heterocycles. The minimum absolute atomic E-state index is 0.125. The standard InChI is InChI=1S/C18H19N3O3S/c1-3-21-17(11-4-5-11)19-20-18(21)25-9-12-8-15(23)24-16-10(2)14(22)7-6-13(12)16/h6-8,11,22H,3-5,9H2,1-2H3. The van der Waals surface area contributed by atoms with Crippen molar-refractivity contribution in [2.75, 3.05) is 0 Å². The predicted octanol–water partition coefficient (Wildman–Crippen LogP) is 3.59. The first-order valence-electron chi connectivity index (χ1n) is 8.39. The number of thioether (sulfide) groups is 1. The Morgan fingerprint density at radius 2 is 2.16 bits per heavy atom. The van der Waals surface area contributed by atoms with Crippen LogP contribution in [0.2, 0.25) is 0 Å². The Bertz CT molecular complexity index is 1000. The van der Waals surface area contributed by atoms with Gasteiger partial charge in [-0.3, -0.25) is 0 Å². The second-order valence-electron chi connectivity index (χ2n) is 6.33. The largest absolute Gasteiger partial charge is 0.508 e. The van der Waals surface area contributed by atoms with E-state index in [4.69, 9.17) is 4.42 Å². The van der Waals surface area contributed by atoms with Crippen LogP contribution in [0.4, 0.5) is 0 Å². The van der Waals surface area contributed by atoms with Gasteiger partial charge in [0.05, 0.1) is 0 Å². The van der Waals surface area contributed by atoms with Crippen LogP contribution in [-0.2, 0) is 12.3 Å². The zero-order valence-electron chi connectivity index (χ0n) is 14.2. The SMILES string of the molecule is CCn1c(SCc2cc(=O)oc3c(C)c(O)ccc23)nnc1C1CC1. The Morgan fingerprint density at radius 3 is 2.88 bits per heavy atom. The molecule has 4 rings (SSSR count). The summed E-state index contributed by atoms with van der Waals surface area (Å²) in [6, 6.07) is 4.93. The smallest absolute Gasteiger partial charge is 0.336 e. The van der Waals surface area contributed by atoms with Gasteiger partial charge >= 0.3 is 5.63 Å². The van der Waals surface area contributed by atoms with Gasteiger partial charge in [-0.25, -0.2) is 4.79 Å². The number of phenols is 1. The molecule has 6 nitrogen and oxygen atoms in total. The van der Waals surface area contributed by atoms with Crippen LogP contribution in [0.5, 0.6) is 5.75 Å². The highest BCUT2D eigenvalue weighted by Gasteiger charge is 2.30. The fraction of sp³-hybridized carbons (Fsp3) is 0.389. The van der Waals surface area contributed by atoms with Crippen molar-refractivity contribution in [1.29, 1.82) is 0 Å². The number of aryl methyl sites for hydroxylation is 1. The van der Waals surface area contributed by atoms with Crippen molar-refractivity contribution in [1.82, 2.24) is 14.8 Å². The van der Waals surface area contributed by atoms with Crippen LogP contribution >= 0.6 is 11.8 Å². The maximum Gasteiger partial charge on any atom is 0.336 e. The molecule has 0 atom stereocenters. The summed E-state index contributed by atoms with van der Waals surface area (Å²) in [6.45, 7) is 4.68. The van der Waals surface area contributed by atoms with E-state index in [1.165, 1.54) is 18.9 Å². The summed E-state index contributed by atoms with van der Waals surface area (Å²) >= 11 is 1.57. The second-order valence-corrected chi connectivity index (χ2v) is 7.27. The first-order chi connectivity index (χ1) is 12.1. The monoisotopic (exact) mass is 357 g/mol. The van der Waals surface area contributed by atoms with E-state index in [-0.39, 0.29) is 5.75 Å². The quantitative estimate of drug-likeness (QED) is 0.555. The average molecular weight is 357 g/mol. The highest BCUT2D eigenvalue weighted by Crippen LogP contribution is 2.40. The van der Waals surface area contributed by atoms with Crippen molar-refractivity contribution in [3.63, 3.8) is 0 Å². The Labute approximate surface area is 148 Å². The zero-order valence-corrected chi connectivity index (χ0v) is 15.0. The Morgan fingerprint density at radius 1 is 1.36 bits per heavy atom. The first kappa shape index (κ1) is 16.2. The van der Waals surface area contributed by atoms with Crippen molar-refractivity contribution < 1.29 is 9.52 Å². The number of hydrogen-bond donors (Lipinski definition) is 1. The molecule has 0 spiro atoms. The van der Waals surface area contributed by atoms with Gasteiger partial charge in [-0.2, -0.15) is 0 Å². The third kappa shape index (κ3) is 2.93. The number of hydrogen-bond acceptors (Lipinski definition) is 6. The van der Waals surface area contributed by atoms with Crippen LogP contribution in [0.3, 0.4) is 0 Å². The second kappa shape index (κ2) is 6.22. The van der Waals surface area contributed by atoms with Gasteiger partial charge in [-0.1, -0.05) is 11.8 Å². The van der Waals surface area contributed by atoms with Crippen LogP contribution in [0.25, 0.3) is 11.0 Å². The molecule has 3 aromatic rings. The van der Waals surface area contributed by atoms with Crippen LogP contribution < -0.4 is 5.63 Å². The first-order valence-corrected chi connectivity index (χ1v) is 9.38. The molecule has 0 bridgehead atoms. The minimum atomic E-state index is -0.410. The Balaban J connectivity index is 1.68. The maximum atomic E-state index is 11.9. The fourth-order valence-electron chi connectivity index (χ4n) is 3.03. The predicted molar refractivity (Wildman–Crippen MR) is 96.1 cm³/mol. The lowest BCUT2D eigenvalue weighted by molar-refractivity contribution is 0.468. The maximum absolute atomic E-state index is 11.9. The third-order valence-electron chi connectivity index (χ3n) is 4.58. The molecule has 1 fully saturated rings. The molecule has 130 valence electrons. The molecule has 1 aliphatic carbocycles. The number of rotatable bonds is 5. The molecule has 0 radical (unpaired) electrons. The number of nitrogens with zero attached hydrogens (tertiary/aromatic N) is 3. The molecule has 1 aliphatic rings. The van der Waals surface area contributed by atoms with Crippen molar-refractivity contribution in [2.24, 2.45) is 0 Å². The van der Waals surface area contributed by atoms with Gasteiger partial charge in [0.1, 0.15) is 17.2 Å². The molecule has 0 aliphatic heterocycles. The third-order valence-corrected chi connectivity index (χ3v) is 5.59. The number of aromatic nitrogens is 3. The lowest BCUT2D eigenvalue weighted by atomic mass is 10.1. The molecule has 1 saturated carbocycles. The van der Waals surface area contributed by atoms with Crippen LogP contribution in [0.1, 0.15) is 42.6 Å². The molecule has 25 heavy (non-hydrogen) atoms. The van der Waals surface area contributed by atoms with E-state index in [9.17, 15) is 9.90 Å². The van der Waals surface area contributed by atoms with Gasteiger partial charge in [-0.05, 0) is 44.4 Å². The van der Waals surface area contributed by atoms with E-state index in [2.05, 4.69) is 21.7 Å². The van der Waals surface area contributed by atoms with Gasteiger partial charge in [0, 0.05) is 35.2 Å². The van der Waals surface area contributed by atoms with Crippen LogP contribution in [0, 0.1) is 6.92 Å². The molecule has 1 N–H and O–H groups in total. The number of fused-ring (bicyclic) bond motifs is 1. The Kier molecular flexibility index (Phi) is 4.03. The number of benzene rings is 1. The van der Waals surface area contributed by atoms with E-state index in [1.54, 1.807) is 30.8 Å². The summed E-state index contributed by atoms with van der Waals surface area (Å²) in [5, 5.41) is 20.2. The topological polar surface area (TPSA) is 81.2 Å². The number of phenolic OH excluding ortho intramolecular Hbond substituents is 1. The molecule has 0 unspecified atom stereocenters. The average Bonchev–Trinajstić information content (AvgIpc) is 3.36. The highest BCUT2D eigenvalue weighted by molar-refractivity contribution is 7.98. The van der Waals surface area contributed by atoms with Crippen molar-refractivity contribution in [3.05, 3.63) is 45.6 Å². The van der Waals surface area contributed by atoms with E-state index < -0.39 is 5.63 Å². The zero-order chi connectivity index (χ0) is 17.6. The molecule has 0 saturated heterocycles. The number of aromatic hydroxyl groups is 1. The summed E-state index contributed by atoms with van der Waals surface area (Å²) in [7, 11) is 0. The normalized spacial score (nSPS) is 14.3. The highest BCUT2D eigenvalue weighted by atomic mass is 32.2. The summed E-state index contributed by atoms with van der Waals surface area (Å²) in [5.41, 5.74) is 1.48. The van der Waals surface area contributed by atoms with Gasteiger partial charge in [0.25, 0.3) is 0 Å². The lowest BCUT2D eigenvalue weighted by Gasteiger charge is -2.09. The summed E-state index contributed by atoms with van der Waals surface area (Å²) in [5.74, 6) is 2.34. The molecule has 0 amide bonds. The fourth-order valence-corrected chi connectivity index (χ4v) is 4.03. The minimum Gasteiger partial charge on any atom is -0.508 e. The van der Waals surface area contributed by atoms with Crippen molar-refractivity contribution >= 4 is 22.7 Å². The molecular formula is C18H19N3O3S. The van der Waals surface area contributed by atoms with E-state index in [0.717, 1.165) is 28.5 Å². The summed E-state index contributed by atoms with van der Waals surface area (Å²) in [6.07, 6.45) is 2.38. The van der Waals surface area contributed by atoms with Crippen molar-refractivity contribution in [2.45, 2.75) is 50.1 Å². The molecular weight excluding hydrogens is 338 g/mol. The summed E-state index contributed by atoms with van der Waals surface area (Å²) in [4.78, 5) is 11.9. The van der Waals surface area contributed by atoms with E-state index in [0.29, 0.717) is 22.8 Å². The van der Waals surface area contributed by atoms with Gasteiger partial charge < -0.3 is 14.1 Å². The summed E-state index contributed by atoms with van der Waals surface area (Å²) < 4.78 is 7.46. The molecule has 1 aromatic carbocycles. The van der Waals surface area contributed by atoms with Gasteiger partial charge in [0.15, 0.2) is 5.16 Å². The molecule has 2 heterocycles. The van der Waals surface area contributed by atoms with E-state index >= 15 is 0 Å². The van der Waals surface area contributed by atoms with Gasteiger partial charge in [-0.15, -0.1) is 10.2 Å². The molecule has 7 heteroatoms. The Hall–Kier alpha value is -2.28. The van der Waals surface area contributed by atoms with Crippen LogP contribution in [-0.4, -0.2) is 19.9 Å². The van der Waals surface area contributed by atoms with Crippen LogP contribution in [0.15, 0.2) is 32.6 Å². The van der Waals surface area contributed by atoms with Crippen molar-refractivity contribution in [3.8, 4) is 5.75 Å².